The van der Waals surface area contributed by atoms with E-state index in [1.54, 1.807) is 34.8 Å². The summed E-state index contributed by atoms with van der Waals surface area (Å²) in [6.07, 6.45) is 2.86. The topological polar surface area (TPSA) is 67.7 Å². The Morgan fingerprint density at radius 2 is 1.89 bits per heavy atom. The van der Waals surface area contributed by atoms with Crippen LogP contribution in [0.3, 0.4) is 0 Å². The number of carbonyl (C=O) groups excluding carboxylic acids is 2. The first-order valence-corrected chi connectivity index (χ1v) is 9.65. The van der Waals surface area contributed by atoms with Crippen LogP contribution in [0.1, 0.15) is 34.5 Å². The van der Waals surface area contributed by atoms with Gasteiger partial charge in [0.25, 0.3) is 5.91 Å². The highest BCUT2D eigenvalue weighted by molar-refractivity contribution is 5.99. The van der Waals surface area contributed by atoms with Gasteiger partial charge in [-0.15, -0.1) is 0 Å². The van der Waals surface area contributed by atoms with Gasteiger partial charge >= 0.3 is 0 Å². The van der Waals surface area contributed by atoms with Crippen LogP contribution in [-0.4, -0.2) is 70.3 Å². The van der Waals surface area contributed by atoms with E-state index in [0.717, 1.165) is 17.8 Å². The zero-order valence-electron chi connectivity index (χ0n) is 16.8. The fourth-order valence-corrected chi connectivity index (χ4v) is 4.26. The molecule has 7 nitrogen and oxygen atoms in total. The van der Waals surface area contributed by atoms with Crippen molar-refractivity contribution in [1.29, 1.82) is 0 Å². The molecule has 2 aliphatic heterocycles. The summed E-state index contributed by atoms with van der Waals surface area (Å²) < 4.78 is 7.56. The third-order valence-electron chi connectivity index (χ3n) is 5.80. The maximum absolute atomic E-state index is 13.5. The van der Waals surface area contributed by atoms with Crippen molar-refractivity contribution in [3.05, 3.63) is 47.3 Å². The van der Waals surface area contributed by atoms with Gasteiger partial charge in [-0.25, -0.2) is 4.68 Å². The van der Waals surface area contributed by atoms with Gasteiger partial charge < -0.3 is 14.5 Å². The van der Waals surface area contributed by atoms with Crippen molar-refractivity contribution < 1.29 is 14.3 Å². The first-order chi connectivity index (χ1) is 13.4. The van der Waals surface area contributed by atoms with Crippen molar-refractivity contribution in [2.24, 2.45) is 0 Å². The van der Waals surface area contributed by atoms with Gasteiger partial charge in [-0.1, -0.05) is 17.7 Å². The lowest BCUT2D eigenvalue weighted by atomic mass is 10.1. The number of hydrogen-bond donors (Lipinski definition) is 0. The van der Waals surface area contributed by atoms with Crippen LogP contribution in [-0.2, 0) is 9.53 Å². The summed E-state index contributed by atoms with van der Waals surface area (Å²) in [5, 5.41) is 4.44. The highest BCUT2D eigenvalue weighted by atomic mass is 16.5. The normalized spacial score (nSPS) is 23.7. The molecule has 0 bridgehead atoms. The Morgan fingerprint density at radius 3 is 2.57 bits per heavy atom. The Labute approximate surface area is 164 Å². The number of fused-ring (bicyclic) bond motifs is 1. The van der Waals surface area contributed by atoms with Gasteiger partial charge in [-0.2, -0.15) is 5.10 Å². The molecule has 0 spiro atoms. The molecule has 2 saturated heterocycles. The van der Waals surface area contributed by atoms with E-state index in [0.29, 0.717) is 18.6 Å². The predicted molar refractivity (Wildman–Crippen MR) is 104 cm³/mol. The van der Waals surface area contributed by atoms with Crippen molar-refractivity contribution >= 4 is 11.8 Å². The molecule has 1 aromatic heterocycles. The van der Waals surface area contributed by atoms with Crippen LogP contribution in [0, 0.1) is 13.8 Å². The Kier molecular flexibility index (Phi) is 4.71. The monoisotopic (exact) mass is 382 g/mol. The van der Waals surface area contributed by atoms with Crippen molar-refractivity contribution in [2.45, 2.75) is 44.9 Å². The molecule has 1 aromatic carbocycles. The van der Waals surface area contributed by atoms with E-state index in [2.05, 4.69) is 5.10 Å². The number of carbonyl (C=O) groups is 2. The number of aryl methyl sites for hydroxylation is 1. The van der Waals surface area contributed by atoms with E-state index in [9.17, 15) is 9.59 Å². The smallest absolute Gasteiger partial charge is 0.258 e. The van der Waals surface area contributed by atoms with E-state index in [1.165, 1.54) is 5.56 Å². The van der Waals surface area contributed by atoms with Gasteiger partial charge in [0.05, 0.1) is 35.3 Å². The largest absolute Gasteiger partial charge is 0.376 e. The van der Waals surface area contributed by atoms with E-state index < -0.39 is 6.04 Å². The van der Waals surface area contributed by atoms with Crippen LogP contribution in [0.2, 0.25) is 0 Å². The standard InChI is InChI=1S/C21H26N4O3/c1-13-5-7-15(8-6-13)25-14(2)16(12-22-25)20(26)24-17-9-10-28-19(17)11-18(24)21(27)23(3)4/h5-8,12,17-19H,9-11H2,1-4H3/t17-,18?,19-/m0/s1. The Bertz CT molecular complexity index is 903. The number of likely N-dealkylation sites (N-methyl/N-ethyl adjacent to an activating group) is 1. The zero-order valence-corrected chi connectivity index (χ0v) is 16.8. The molecule has 148 valence electrons. The Morgan fingerprint density at radius 1 is 1.18 bits per heavy atom. The SMILES string of the molecule is Cc1ccc(-n2ncc(C(=O)N3C(C(=O)N(C)C)C[C@@H]4OCC[C@@H]43)c2C)cc1. The molecular formula is C21H26N4O3. The first-order valence-electron chi connectivity index (χ1n) is 9.65. The Hall–Kier alpha value is -2.67. The minimum absolute atomic E-state index is 0.0523. The summed E-state index contributed by atoms with van der Waals surface area (Å²) in [4.78, 5) is 29.5. The summed E-state index contributed by atoms with van der Waals surface area (Å²) in [7, 11) is 3.45. The third-order valence-corrected chi connectivity index (χ3v) is 5.80. The molecule has 2 amide bonds. The van der Waals surface area contributed by atoms with Gasteiger partial charge in [0.1, 0.15) is 6.04 Å². The lowest BCUT2D eigenvalue weighted by molar-refractivity contribution is -0.133. The van der Waals surface area contributed by atoms with Gasteiger partial charge in [-0.3, -0.25) is 9.59 Å². The van der Waals surface area contributed by atoms with E-state index in [4.69, 9.17) is 4.74 Å². The molecule has 28 heavy (non-hydrogen) atoms. The molecule has 0 aliphatic carbocycles. The maximum atomic E-state index is 13.5. The number of nitrogens with zero attached hydrogens (tertiary/aromatic N) is 4. The van der Waals surface area contributed by atoms with Crippen molar-refractivity contribution in [3.8, 4) is 5.69 Å². The number of aromatic nitrogens is 2. The zero-order chi connectivity index (χ0) is 20.0. The molecule has 2 aromatic rings. The van der Waals surface area contributed by atoms with Crippen molar-refractivity contribution in [3.63, 3.8) is 0 Å². The number of benzene rings is 1. The lowest BCUT2D eigenvalue weighted by Gasteiger charge is -2.29. The quantitative estimate of drug-likeness (QED) is 0.814. The van der Waals surface area contributed by atoms with Crippen molar-refractivity contribution in [2.75, 3.05) is 20.7 Å². The van der Waals surface area contributed by atoms with Gasteiger partial charge in [0.15, 0.2) is 0 Å². The van der Waals surface area contributed by atoms with E-state index >= 15 is 0 Å². The van der Waals surface area contributed by atoms with Crippen LogP contribution < -0.4 is 0 Å². The number of rotatable bonds is 3. The molecular weight excluding hydrogens is 356 g/mol. The minimum atomic E-state index is -0.486. The van der Waals surface area contributed by atoms with E-state index in [-0.39, 0.29) is 24.0 Å². The summed E-state index contributed by atoms with van der Waals surface area (Å²) in [5.41, 5.74) is 3.38. The second-order valence-corrected chi connectivity index (χ2v) is 7.85. The van der Waals surface area contributed by atoms with Crippen LogP contribution in [0.25, 0.3) is 5.69 Å². The summed E-state index contributed by atoms with van der Waals surface area (Å²) in [6, 6.07) is 7.47. The second-order valence-electron chi connectivity index (χ2n) is 7.85. The van der Waals surface area contributed by atoms with Crippen LogP contribution in [0.4, 0.5) is 0 Å². The van der Waals surface area contributed by atoms with Crippen LogP contribution >= 0.6 is 0 Å². The highest BCUT2D eigenvalue weighted by Gasteiger charge is 2.50. The molecule has 0 N–H and O–H groups in total. The molecule has 2 aliphatic rings. The molecule has 0 saturated carbocycles. The highest BCUT2D eigenvalue weighted by Crippen LogP contribution is 2.36. The fraction of sp³-hybridized carbons (Fsp3) is 0.476. The molecule has 3 atom stereocenters. The van der Waals surface area contributed by atoms with Crippen LogP contribution in [0.15, 0.2) is 30.5 Å². The lowest BCUT2D eigenvalue weighted by Crippen LogP contribution is -2.48. The summed E-state index contributed by atoms with van der Waals surface area (Å²) in [5.74, 6) is -0.205. The first kappa shape index (κ1) is 18.7. The van der Waals surface area contributed by atoms with Gasteiger partial charge in [0, 0.05) is 27.1 Å². The number of amides is 2. The molecule has 3 heterocycles. The summed E-state index contributed by atoms with van der Waals surface area (Å²) in [6.45, 7) is 4.55. The number of ether oxygens (including phenoxy) is 1. The predicted octanol–water partition coefficient (Wildman–Crippen LogP) is 1.95. The maximum Gasteiger partial charge on any atom is 0.258 e. The molecule has 0 radical (unpaired) electrons. The van der Waals surface area contributed by atoms with E-state index in [1.807, 2.05) is 38.1 Å². The molecule has 7 heteroatoms. The van der Waals surface area contributed by atoms with Crippen molar-refractivity contribution in [1.82, 2.24) is 19.6 Å². The fourth-order valence-electron chi connectivity index (χ4n) is 4.26. The summed E-state index contributed by atoms with van der Waals surface area (Å²) >= 11 is 0. The number of likely N-dealkylation sites (tertiary alicyclic amines) is 1. The Balaban J connectivity index is 1.67. The molecule has 4 rings (SSSR count). The van der Waals surface area contributed by atoms with Gasteiger partial charge in [0.2, 0.25) is 5.91 Å². The second kappa shape index (κ2) is 7.05. The average Bonchev–Trinajstić information content (AvgIpc) is 3.35. The average molecular weight is 382 g/mol. The minimum Gasteiger partial charge on any atom is -0.376 e. The number of hydrogen-bond acceptors (Lipinski definition) is 4. The van der Waals surface area contributed by atoms with Crippen LogP contribution in [0.5, 0.6) is 0 Å². The third kappa shape index (κ3) is 2.99. The molecule has 1 unspecified atom stereocenters. The van der Waals surface area contributed by atoms with Gasteiger partial charge in [-0.05, 0) is 32.4 Å². The molecule has 2 fully saturated rings.